The number of methoxy groups -OCH3 is 1. The third kappa shape index (κ3) is 3.11. The van der Waals surface area contributed by atoms with Gasteiger partial charge in [-0.25, -0.2) is 0 Å². The van der Waals surface area contributed by atoms with Crippen molar-refractivity contribution in [2.24, 2.45) is 0 Å². The molecule has 1 aliphatic rings. The molecule has 0 spiro atoms. The molecule has 0 N–H and O–H groups in total. The van der Waals surface area contributed by atoms with Crippen molar-refractivity contribution >= 4 is 27.7 Å². The normalized spacial score (nSPS) is 17.2. The molecule has 0 amide bonds. The van der Waals surface area contributed by atoms with Gasteiger partial charge in [0.2, 0.25) is 5.78 Å². The first-order valence-electron chi connectivity index (χ1n) is 7.69. The van der Waals surface area contributed by atoms with E-state index < -0.39 is 0 Å². The molecule has 1 aromatic carbocycles. The topological polar surface area (TPSA) is 48.3 Å². The molecule has 0 bridgehead atoms. The largest absolute Gasteiger partial charge is 0.469 e. The maximum atomic E-state index is 12.8. The lowest BCUT2D eigenvalue weighted by atomic mass is 10.00. The number of aromatic nitrogens is 1. The second-order valence-corrected chi connectivity index (χ2v) is 6.62. The molecule has 0 aliphatic carbocycles. The number of ether oxygens (including phenoxy) is 1. The van der Waals surface area contributed by atoms with Crippen molar-refractivity contribution in [2.45, 2.75) is 31.7 Å². The van der Waals surface area contributed by atoms with Crippen LogP contribution in [0.15, 0.2) is 40.9 Å². The minimum absolute atomic E-state index is 0.0192. The van der Waals surface area contributed by atoms with Crippen LogP contribution in [-0.2, 0) is 16.1 Å². The highest BCUT2D eigenvalue weighted by molar-refractivity contribution is 9.10. The zero-order valence-electron chi connectivity index (χ0n) is 12.9. The summed E-state index contributed by atoms with van der Waals surface area (Å²) in [5.74, 6) is -0.530. The smallest absolute Gasteiger partial charge is 0.314 e. The van der Waals surface area contributed by atoms with E-state index in [0.717, 1.165) is 36.0 Å². The Morgan fingerprint density at radius 3 is 2.57 bits per heavy atom. The molecule has 2 heterocycles. The Morgan fingerprint density at radius 1 is 1.13 bits per heavy atom. The molecule has 0 fully saturated rings. The number of rotatable bonds is 3. The van der Waals surface area contributed by atoms with Gasteiger partial charge in [0.05, 0.1) is 18.7 Å². The molecule has 1 unspecified atom stereocenters. The number of carbonyl (C=O) groups excluding carboxylic acids is 2. The van der Waals surface area contributed by atoms with Gasteiger partial charge in [-0.1, -0.05) is 22.4 Å². The van der Waals surface area contributed by atoms with Crippen molar-refractivity contribution in [1.82, 2.24) is 4.57 Å². The Balaban J connectivity index is 1.99. The summed E-state index contributed by atoms with van der Waals surface area (Å²) >= 11 is 3.38. The number of esters is 1. The highest BCUT2D eigenvalue weighted by Crippen LogP contribution is 2.30. The van der Waals surface area contributed by atoms with Gasteiger partial charge in [-0.3, -0.25) is 9.59 Å². The summed E-state index contributed by atoms with van der Waals surface area (Å²) in [5.41, 5.74) is 2.17. The van der Waals surface area contributed by atoms with Crippen LogP contribution in [0.5, 0.6) is 0 Å². The third-order valence-corrected chi connectivity index (χ3v) is 4.85. The Kier molecular flexibility index (Phi) is 4.66. The highest BCUT2D eigenvalue weighted by Gasteiger charge is 2.29. The summed E-state index contributed by atoms with van der Waals surface area (Å²) in [5, 5.41) is 0. The van der Waals surface area contributed by atoms with Gasteiger partial charge in [0.15, 0.2) is 0 Å². The van der Waals surface area contributed by atoms with Crippen molar-refractivity contribution in [3.05, 3.63) is 57.8 Å². The molecule has 0 radical (unpaired) electrons. The van der Waals surface area contributed by atoms with E-state index in [1.165, 1.54) is 7.11 Å². The minimum Gasteiger partial charge on any atom is -0.469 e. The Labute approximate surface area is 143 Å². The Morgan fingerprint density at radius 2 is 1.87 bits per heavy atom. The van der Waals surface area contributed by atoms with Gasteiger partial charge in [-0.2, -0.15) is 0 Å². The monoisotopic (exact) mass is 375 g/mol. The van der Waals surface area contributed by atoms with Crippen LogP contribution >= 0.6 is 15.9 Å². The van der Waals surface area contributed by atoms with E-state index in [1.54, 1.807) is 12.1 Å². The van der Waals surface area contributed by atoms with Gasteiger partial charge in [0.25, 0.3) is 0 Å². The maximum absolute atomic E-state index is 12.8. The second-order valence-electron chi connectivity index (χ2n) is 5.70. The summed E-state index contributed by atoms with van der Waals surface area (Å²) < 4.78 is 7.85. The van der Waals surface area contributed by atoms with Crippen LogP contribution in [0.3, 0.4) is 0 Å². The molecule has 4 nitrogen and oxygen atoms in total. The number of hydrogen-bond donors (Lipinski definition) is 0. The summed E-state index contributed by atoms with van der Waals surface area (Å²) in [6.45, 7) is 0.757. The number of benzene rings is 1. The zero-order valence-corrected chi connectivity index (χ0v) is 14.5. The van der Waals surface area contributed by atoms with Crippen LogP contribution in [-0.4, -0.2) is 23.4 Å². The molecule has 0 saturated carbocycles. The lowest BCUT2D eigenvalue weighted by Crippen LogP contribution is -2.18. The Hall–Kier alpha value is -1.88. The lowest BCUT2D eigenvalue weighted by molar-refractivity contribution is -0.142. The van der Waals surface area contributed by atoms with Crippen LogP contribution in [0, 0.1) is 0 Å². The molecule has 1 aliphatic heterocycles. The van der Waals surface area contributed by atoms with Crippen molar-refractivity contribution in [1.29, 1.82) is 0 Å². The van der Waals surface area contributed by atoms with Crippen molar-refractivity contribution in [3.63, 3.8) is 0 Å². The summed E-state index contributed by atoms with van der Waals surface area (Å²) in [6, 6.07) is 11.0. The molecular formula is C18H18BrNO3. The van der Waals surface area contributed by atoms with E-state index in [0.29, 0.717) is 11.3 Å². The predicted octanol–water partition coefficient (Wildman–Crippen LogP) is 3.92. The molecule has 3 rings (SSSR count). The Bertz CT molecular complexity index is 733. The zero-order chi connectivity index (χ0) is 16.4. The van der Waals surface area contributed by atoms with E-state index in [1.807, 2.05) is 28.8 Å². The van der Waals surface area contributed by atoms with E-state index in [2.05, 4.69) is 15.9 Å². The predicted molar refractivity (Wildman–Crippen MR) is 90.6 cm³/mol. The van der Waals surface area contributed by atoms with Crippen molar-refractivity contribution in [2.75, 3.05) is 7.11 Å². The van der Waals surface area contributed by atoms with Gasteiger partial charge in [0.1, 0.15) is 0 Å². The number of fused-ring (bicyclic) bond motifs is 1. The van der Waals surface area contributed by atoms with Crippen LogP contribution in [0.2, 0.25) is 0 Å². The molecule has 0 saturated heterocycles. The van der Waals surface area contributed by atoms with Crippen LogP contribution < -0.4 is 0 Å². The summed E-state index contributed by atoms with van der Waals surface area (Å²) in [4.78, 5) is 24.8. The molecule has 5 heteroatoms. The number of hydrogen-bond acceptors (Lipinski definition) is 3. The lowest BCUT2D eigenvalue weighted by Gasteiger charge is -2.15. The third-order valence-electron chi connectivity index (χ3n) is 4.32. The molecule has 23 heavy (non-hydrogen) atoms. The van der Waals surface area contributed by atoms with Crippen LogP contribution in [0.25, 0.3) is 0 Å². The number of carbonyl (C=O) groups is 2. The average molecular weight is 376 g/mol. The number of nitrogens with zero attached hydrogens (tertiary/aromatic N) is 1. The molecule has 120 valence electrons. The quantitative estimate of drug-likeness (QED) is 0.603. The molecule has 2 aromatic rings. The van der Waals surface area contributed by atoms with E-state index in [4.69, 9.17) is 4.74 Å². The second kappa shape index (κ2) is 6.71. The SMILES string of the molecule is COC(=O)C1CCCCn2c(C(=O)c3ccc(Br)cc3)ccc21. The van der Waals surface area contributed by atoms with Crippen LogP contribution in [0.4, 0.5) is 0 Å². The standard InChI is InChI=1S/C18H18BrNO3/c1-23-18(22)14-4-2-3-11-20-15(14)9-10-16(20)17(21)12-5-7-13(19)8-6-12/h5-10,14H,2-4,11H2,1H3. The van der Waals surface area contributed by atoms with Crippen molar-refractivity contribution in [3.8, 4) is 0 Å². The van der Waals surface area contributed by atoms with Crippen LogP contribution in [0.1, 0.15) is 46.9 Å². The molecule has 1 atom stereocenters. The molecule has 1 aromatic heterocycles. The number of ketones is 1. The first-order valence-corrected chi connectivity index (χ1v) is 8.48. The first-order chi connectivity index (χ1) is 11.1. The molecular weight excluding hydrogens is 358 g/mol. The fourth-order valence-electron chi connectivity index (χ4n) is 3.13. The van der Waals surface area contributed by atoms with Gasteiger partial charge in [0, 0.05) is 22.3 Å². The fraction of sp³-hybridized carbons (Fsp3) is 0.333. The fourth-order valence-corrected chi connectivity index (χ4v) is 3.40. The van der Waals surface area contributed by atoms with Gasteiger partial charge >= 0.3 is 5.97 Å². The first kappa shape index (κ1) is 16.0. The van der Waals surface area contributed by atoms with E-state index in [-0.39, 0.29) is 17.7 Å². The average Bonchev–Trinajstić information content (AvgIpc) is 2.86. The van der Waals surface area contributed by atoms with Gasteiger partial charge < -0.3 is 9.30 Å². The van der Waals surface area contributed by atoms with Crippen molar-refractivity contribution < 1.29 is 14.3 Å². The number of halogens is 1. The van der Waals surface area contributed by atoms with E-state index >= 15 is 0 Å². The highest BCUT2D eigenvalue weighted by atomic mass is 79.9. The van der Waals surface area contributed by atoms with E-state index in [9.17, 15) is 9.59 Å². The van der Waals surface area contributed by atoms with Gasteiger partial charge in [-0.15, -0.1) is 0 Å². The minimum atomic E-state index is -0.283. The maximum Gasteiger partial charge on any atom is 0.314 e. The van der Waals surface area contributed by atoms with Gasteiger partial charge in [-0.05, 0) is 49.2 Å². The summed E-state index contributed by atoms with van der Waals surface area (Å²) in [6.07, 6.45) is 2.67. The summed E-state index contributed by atoms with van der Waals surface area (Å²) in [7, 11) is 1.41.